The lowest BCUT2D eigenvalue weighted by Crippen LogP contribution is -2.38. The average Bonchev–Trinajstić information content (AvgIpc) is 3.09. The summed E-state index contributed by atoms with van der Waals surface area (Å²) in [5, 5.41) is 4.29. The summed E-state index contributed by atoms with van der Waals surface area (Å²) < 4.78 is 37.8. The number of carbonyl (C=O) groups excluding carboxylic acids is 1. The summed E-state index contributed by atoms with van der Waals surface area (Å²) >= 11 is 0. The van der Waals surface area contributed by atoms with E-state index >= 15 is 0 Å². The predicted octanol–water partition coefficient (Wildman–Crippen LogP) is 1.58. The highest BCUT2D eigenvalue weighted by molar-refractivity contribution is 7.91. The Bertz CT molecular complexity index is 874. The van der Waals surface area contributed by atoms with Gasteiger partial charge >= 0.3 is 0 Å². The van der Waals surface area contributed by atoms with Crippen LogP contribution < -0.4 is 0 Å². The SMILES string of the molecule is Cc1cc(C(=O)N(C)C2CCS(=O)(=O)C2)nn1-c1ccc(F)cc1. The molecule has 128 valence electrons. The Morgan fingerprint density at radius 1 is 1.33 bits per heavy atom. The van der Waals surface area contributed by atoms with Crippen LogP contribution in [0.25, 0.3) is 5.69 Å². The average molecular weight is 351 g/mol. The number of rotatable bonds is 3. The van der Waals surface area contributed by atoms with Gasteiger partial charge in [0.2, 0.25) is 0 Å². The summed E-state index contributed by atoms with van der Waals surface area (Å²) in [7, 11) is -1.46. The van der Waals surface area contributed by atoms with E-state index in [0.717, 1.165) is 5.69 Å². The van der Waals surface area contributed by atoms with Gasteiger partial charge in [-0.3, -0.25) is 4.79 Å². The number of nitrogens with zero attached hydrogens (tertiary/aromatic N) is 3. The van der Waals surface area contributed by atoms with Gasteiger partial charge in [0.25, 0.3) is 5.91 Å². The first-order valence-corrected chi connectivity index (χ1v) is 9.39. The molecule has 1 aliphatic rings. The molecule has 2 aromatic rings. The topological polar surface area (TPSA) is 72.3 Å². The zero-order chi connectivity index (χ0) is 17.5. The van der Waals surface area contributed by atoms with Gasteiger partial charge in [0.1, 0.15) is 5.82 Å². The number of halogens is 1. The minimum absolute atomic E-state index is 0.00705. The molecule has 1 unspecified atom stereocenters. The summed E-state index contributed by atoms with van der Waals surface area (Å²) in [5.41, 5.74) is 1.63. The van der Waals surface area contributed by atoms with Crippen molar-refractivity contribution in [3.05, 3.63) is 47.5 Å². The van der Waals surface area contributed by atoms with Crippen LogP contribution in [0, 0.1) is 12.7 Å². The number of hydrogen-bond donors (Lipinski definition) is 0. The molecule has 8 heteroatoms. The van der Waals surface area contributed by atoms with E-state index in [1.165, 1.54) is 17.0 Å². The van der Waals surface area contributed by atoms with Crippen molar-refractivity contribution < 1.29 is 17.6 Å². The number of benzene rings is 1. The zero-order valence-electron chi connectivity index (χ0n) is 13.4. The molecular weight excluding hydrogens is 333 g/mol. The molecule has 0 N–H and O–H groups in total. The Morgan fingerprint density at radius 2 is 2.00 bits per heavy atom. The molecule has 1 aromatic heterocycles. The molecule has 1 amide bonds. The van der Waals surface area contributed by atoms with Crippen molar-refractivity contribution in [2.24, 2.45) is 0 Å². The second kappa shape index (κ2) is 6.01. The number of sulfone groups is 1. The molecule has 0 saturated carbocycles. The Labute approximate surface area is 139 Å². The Hall–Kier alpha value is -2.22. The van der Waals surface area contributed by atoms with Crippen LogP contribution in [0.1, 0.15) is 22.6 Å². The molecule has 0 spiro atoms. The molecular formula is C16H18FN3O3S. The summed E-state index contributed by atoms with van der Waals surface area (Å²) in [4.78, 5) is 14.0. The Kier molecular flexibility index (Phi) is 4.16. The number of carbonyl (C=O) groups is 1. The van der Waals surface area contributed by atoms with E-state index in [9.17, 15) is 17.6 Å². The molecule has 0 radical (unpaired) electrons. The van der Waals surface area contributed by atoms with Crippen molar-refractivity contribution in [1.82, 2.24) is 14.7 Å². The highest BCUT2D eigenvalue weighted by Gasteiger charge is 2.33. The molecule has 6 nitrogen and oxygen atoms in total. The van der Waals surface area contributed by atoms with E-state index in [-0.39, 0.29) is 35.0 Å². The second-order valence-corrected chi connectivity index (χ2v) is 8.26. The number of aryl methyl sites for hydroxylation is 1. The molecule has 3 rings (SSSR count). The standard InChI is InChI=1S/C16H18FN3O3S/c1-11-9-15(18-20(11)13-5-3-12(17)4-6-13)16(21)19(2)14-7-8-24(22,23)10-14/h3-6,9,14H,7-8,10H2,1-2H3. The fourth-order valence-electron chi connectivity index (χ4n) is 2.85. The fraction of sp³-hybridized carbons (Fsp3) is 0.375. The third kappa shape index (κ3) is 3.19. The maximum Gasteiger partial charge on any atom is 0.274 e. The lowest BCUT2D eigenvalue weighted by molar-refractivity contribution is 0.0741. The first-order chi connectivity index (χ1) is 11.3. The van der Waals surface area contributed by atoms with Crippen molar-refractivity contribution in [1.29, 1.82) is 0 Å². The summed E-state index contributed by atoms with van der Waals surface area (Å²) in [6, 6.07) is 7.14. The Morgan fingerprint density at radius 3 is 2.58 bits per heavy atom. The molecule has 1 atom stereocenters. The molecule has 2 heterocycles. The monoisotopic (exact) mass is 351 g/mol. The number of amides is 1. The van der Waals surface area contributed by atoms with Gasteiger partial charge in [-0.15, -0.1) is 0 Å². The van der Waals surface area contributed by atoms with E-state index in [4.69, 9.17) is 0 Å². The van der Waals surface area contributed by atoms with Gasteiger partial charge in [0, 0.05) is 18.8 Å². The lowest BCUT2D eigenvalue weighted by atomic mass is 10.2. The van der Waals surface area contributed by atoms with Crippen molar-refractivity contribution in [2.75, 3.05) is 18.6 Å². The van der Waals surface area contributed by atoms with Crippen LogP contribution in [0.5, 0.6) is 0 Å². The largest absolute Gasteiger partial charge is 0.336 e. The number of aromatic nitrogens is 2. The molecule has 24 heavy (non-hydrogen) atoms. The molecule has 1 fully saturated rings. The third-order valence-electron chi connectivity index (χ3n) is 4.25. The molecule has 1 aromatic carbocycles. The summed E-state index contributed by atoms with van der Waals surface area (Å²) in [6.07, 6.45) is 0.447. The van der Waals surface area contributed by atoms with Crippen molar-refractivity contribution in [3.63, 3.8) is 0 Å². The van der Waals surface area contributed by atoms with Crippen LogP contribution in [0.2, 0.25) is 0 Å². The van der Waals surface area contributed by atoms with Crippen molar-refractivity contribution >= 4 is 15.7 Å². The van der Waals surface area contributed by atoms with Gasteiger partial charge in [-0.2, -0.15) is 5.10 Å². The van der Waals surface area contributed by atoms with E-state index in [1.54, 1.807) is 36.9 Å². The van der Waals surface area contributed by atoms with Crippen LogP contribution in [0.4, 0.5) is 4.39 Å². The van der Waals surface area contributed by atoms with Gasteiger partial charge in [-0.05, 0) is 43.7 Å². The minimum Gasteiger partial charge on any atom is -0.336 e. The highest BCUT2D eigenvalue weighted by Crippen LogP contribution is 2.19. The second-order valence-electron chi connectivity index (χ2n) is 6.03. The van der Waals surface area contributed by atoms with E-state index in [1.807, 2.05) is 0 Å². The molecule has 1 saturated heterocycles. The van der Waals surface area contributed by atoms with Gasteiger partial charge in [0.15, 0.2) is 15.5 Å². The molecule has 1 aliphatic heterocycles. The predicted molar refractivity (Wildman–Crippen MR) is 87.4 cm³/mol. The van der Waals surface area contributed by atoms with Crippen LogP contribution >= 0.6 is 0 Å². The van der Waals surface area contributed by atoms with Gasteiger partial charge in [-0.1, -0.05) is 0 Å². The van der Waals surface area contributed by atoms with Gasteiger partial charge in [0.05, 0.1) is 17.2 Å². The number of hydrogen-bond acceptors (Lipinski definition) is 4. The van der Waals surface area contributed by atoms with Crippen LogP contribution in [-0.4, -0.2) is 53.6 Å². The highest BCUT2D eigenvalue weighted by atomic mass is 32.2. The third-order valence-corrected chi connectivity index (χ3v) is 6.00. The van der Waals surface area contributed by atoms with E-state index < -0.39 is 9.84 Å². The Balaban J connectivity index is 1.84. The first kappa shape index (κ1) is 16.6. The zero-order valence-corrected chi connectivity index (χ0v) is 14.3. The van der Waals surface area contributed by atoms with Crippen LogP contribution in [0.15, 0.2) is 30.3 Å². The maximum atomic E-state index is 13.0. The normalized spacial score (nSPS) is 19.4. The van der Waals surface area contributed by atoms with Gasteiger partial charge < -0.3 is 4.90 Å². The molecule has 0 aliphatic carbocycles. The van der Waals surface area contributed by atoms with Crippen molar-refractivity contribution in [3.8, 4) is 5.69 Å². The minimum atomic E-state index is -3.06. The van der Waals surface area contributed by atoms with Crippen LogP contribution in [-0.2, 0) is 9.84 Å². The van der Waals surface area contributed by atoms with E-state index in [0.29, 0.717) is 12.1 Å². The first-order valence-electron chi connectivity index (χ1n) is 7.57. The smallest absolute Gasteiger partial charge is 0.274 e. The maximum absolute atomic E-state index is 13.0. The summed E-state index contributed by atoms with van der Waals surface area (Å²) in [6.45, 7) is 1.80. The fourth-order valence-corrected chi connectivity index (χ4v) is 4.62. The van der Waals surface area contributed by atoms with E-state index in [2.05, 4.69) is 5.10 Å². The van der Waals surface area contributed by atoms with Crippen molar-refractivity contribution in [2.45, 2.75) is 19.4 Å². The quantitative estimate of drug-likeness (QED) is 0.842. The van der Waals surface area contributed by atoms with Gasteiger partial charge in [-0.25, -0.2) is 17.5 Å². The molecule has 0 bridgehead atoms. The lowest BCUT2D eigenvalue weighted by Gasteiger charge is -2.22. The van der Waals surface area contributed by atoms with Crippen LogP contribution in [0.3, 0.4) is 0 Å². The summed E-state index contributed by atoms with van der Waals surface area (Å²) in [5.74, 6) is -0.561.